The molecule has 1 rings (SSSR count). The van der Waals surface area contributed by atoms with Gasteiger partial charge in [0.05, 0.1) is 5.56 Å². The maximum Gasteiger partial charge on any atom is 0.326 e. The molecule has 1 aromatic rings. The average molecular weight is 315 g/mol. The molecule has 1 heterocycles. The minimum absolute atomic E-state index is 0.133. The molecule has 6 heteroatoms. The smallest absolute Gasteiger partial charge is 0.326 e. The second-order valence-electron chi connectivity index (χ2n) is 4.07. The number of carbonyl (C=O) groups is 2. The SMILES string of the molecule is CC[C@H](C)[C@H](NC(=O)c1cncc(Br)c1)C(=O)O. The van der Waals surface area contributed by atoms with Crippen molar-refractivity contribution in [3.05, 3.63) is 28.5 Å². The third kappa shape index (κ3) is 3.80. The Morgan fingerprint density at radius 1 is 1.50 bits per heavy atom. The van der Waals surface area contributed by atoms with E-state index in [1.54, 1.807) is 19.2 Å². The van der Waals surface area contributed by atoms with Crippen molar-refractivity contribution in [1.82, 2.24) is 10.3 Å². The Morgan fingerprint density at radius 2 is 2.17 bits per heavy atom. The maximum atomic E-state index is 11.9. The number of aliphatic carboxylic acids is 1. The van der Waals surface area contributed by atoms with Crippen molar-refractivity contribution in [1.29, 1.82) is 0 Å². The van der Waals surface area contributed by atoms with Crippen molar-refractivity contribution in [2.75, 3.05) is 0 Å². The summed E-state index contributed by atoms with van der Waals surface area (Å²) in [7, 11) is 0. The molecule has 0 saturated carbocycles. The fourth-order valence-corrected chi connectivity index (χ4v) is 1.81. The lowest BCUT2D eigenvalue weighted by atomic mass is 9.99. The second-order valence-corrected chi connectivity index (χ2v) is 4.98. The van der Waals surface area contributed by atoms with Crippen molar-refractivity contribution in [2.24, 2.45) is 5.92 Å². The van der Waals surface area contributed by atoms with Crippen molar-refractivity contribution >= 4 is 27.8 Å². The number of halogens is 1. The molecule has 0 bridgehead atoms. The first-order chi connectivity index (χ1) is 8.45. The van der Waals surface area contributed by atoms with Crippen LogP contribution in [0, 0.1) is 5.92 Å². The molecule has 0 spiro atoms. The molecule has 2 N–H and O–H groups in total. The van der Waals surface area contributed by atoms with Gasteiger partial charge in [0.15, 0.2) is 0 Å². The van der Waals surface area contributed by atoms with Crippen LogP contribution < -0.4 is 5.32 Å². The Bertz CT molecular complexity index is 451. The fourth-order valence-electron chi connectivity index (χ4n) is 1.44. The van der Waals surface area contributed by atoms with E-state index in [4.69, 9.17) is 5.11 Å². The van der Waals surface area contributed by atoms with E-state index in [2.05, 4.69) is 26.2 Å². The highest BCUT2D eigenvalue weighted by Crippen LogP contribution is 2.12. The van der Waals surface area contributed by atoms with Crippen molar-refractivity contribution < 1.29 is 14.7 Å². The van der Waals surface area contributed by atoms with Crippen LogP contribution in [0.15, 0.2) is 22.9 Å². The van der Waals surface area contributed by atoms with Gasteiger partial charge in [0.1, 0.15) is 6.04 Å². The van der Waals surface area contributed by atoms with Crippen LogP contribution in [-0.2, 0) is 4.79 Å². The predicted octanol–water partition coefficient (Wildman–Crippen LogP) is 2.07. The van der Waals surface area contributed by atoms with E-state index in [0.29, 0.717) is 16.5 Å². The molecular weight excluding hydrogens is 300 g/mol. The standard InChI is InChI=1S/C12H15BrN2O3/c1-3-7(2)10(12(17)18)15-11(16)8-4-9(13)6-14-5-8/h4-7,10H,3H2,1-2H3,(H,15,16)(H,17,18)/t7-,10-/m0/s1. The van der Waals surface area contributed by atoms with Gasteiger partial charge in [0.2, 0.25) is 0 Å². The minimum atomic E-state index is -1.03. The van der Waals surface area contributed by atoms with E-state index in [1.165, 1.54) is 6.20 Å². The molecular formula is C12H15BrN2O3. The summed E-state index contributed by atoms with van der Waals surface area (Å²) in [5.74, 6) is -1.59. The van der Waals surface area contributed by atoms with E-state index in [-0.39, 0.29) is 5.92 Å². The lowest BCUT2D eigenvalue weighted by Gasteiger charge is -2.20. The number of carboxylic acids is 1. The number of rotatable bonds is 5. The number of hydrogen-bond donors (Lipinski definition) is 2. The number of amides is 1. The summed E-state index contributed by atoms with van der Waals surface area (Å²) in [5.41, 5.74) is 0.332. The van der Waals surface area contributed by atoms with E-state index in [1.807, 2.05) is 6.92 Å². The zero-order valence-corrected chi connectivity index (χ0v) is 11.8. The fraction of sp³-hybridized carbons (Fsp3) is 0.417. The Balaban J connectivity index is 2.82. The molecule has 5 nitrogen and oxygen atoms in total. The topological polar surface area (TPSA) is 79.3 Å². The van der Waals surface area contributed by atoms with Gasteiger partial charge in [-0.05, 0) is 27.9 Å². The van der Waals surface area contributed by atoms with Crippen LogP contribution in [0.1, 0.15) is 30.6 Å². The average Bonchev–Trinajstić information content (AvgIpc) is 2.34. The predicted molar refractivity (Wildman–Crippen MR) is 70.3 cm³/mol. The molecule has 1 amide bonds. The summed E-state index contributed by atoms with van der Waals surface area (Å²) in [6.07, 6.45) is 3.63. The number of hydrogen-bond acceptors (Lipinski definition) is 3. The van der Waals surface area contributed by atoms with Crippen LogP contribution >= 0.6 is 15.9 Å². The molecule has 1 aromatic heterocycles. The number of pyridine rings is 1. The second kappa shape index (κ2) is 6.49. The molecule has 0 aliphatic rings. The first-order valence-electron chi connectivity index (χ1n) is 5.60. The summed E-state index contributed by atoms with van der Waals surface area (Å²) in [6, 6.07) is 0.708. The largest absolute Gasteiger partial charge is 0.480 e. The van der Waals surface area contributed by atoms with Crippen LogP contribution in [-0.4, -0.2) is 28.0 Å². The summed E-state index contributed by atoms with van der Waals surface area (Å²) in [6.45, 7) is 3.67. The molecule has 2 atom stereocenters. The van der Waals surface area contributed by atoms with Gasteiger partial charge in [-0.2, -0.15) is 0 Å². The van der Waals surface area contributed by atoms with Crippen LogP contribution in [0.25, 0.3) is 0 Å². The zero-order valence-electron chi connectivity index (χ0n) is 10.2. The molecule has 0 aliphatic carbocycles. The van der Waals surface area contributed by atoms with Crippen molar-refractivity contribution in [3.63, 3.8) is 0 Å². The van der Waals surface area contributed by atoms with Gasteiger partial charge < -0.3 is 10.4 Å². The number of carboxylic acid groups (broad SMARTS) is 1. The van der Waals surface area contributed by atoms with Gasteiger partial charge in [0.25, 0.3) is 5.91 Å². The van der Waals surface area contributed by atoms with Crippen LogP contribution in [0.2, 0.25) is 0 Å². The Hall–Kier alpha value is -1.43. The number of carbonyl (C=O) groups excluding carboxylic acids is 1. The minimum Gasteiger partial charge on any atom is -0.480 e. The Labute approximate surface area is 114 Å². The van der Waals surface area contributed by atoms with Gasteiger partial charge in [-0.25, -0.2) is 4.79 Å². The monoisotopic (exact) mass is 314 g/mol. The molecule has 0 aliphatic heterocycles. The van der Waals surface area contributed by atoms with Crippen LogP contribution in [0.4, 0.5) is 0 Å². The summed E-state index contributed by atoms with van der Waals surface area (Å²) >= 11 is 3.21. The van der Waals surface area contributed by atoms with Crippen LogP contribution in [0.3, 0.4) is 0 Å². The van der Waals surface area contributed by atoms with E-state index in [0.717, 1.165) is 0 Å². The van der Waals surface area contributed by atoms with Gasteiger partial charge >= 0.3 is 5.97 Å². The van der Waals surface area contributed by atoms with E-state index < -0.39 is 17.9 Å². The zero-order chi connectivity index (χ0) is 13.7. The third-order valence-electron chi connectivity index (χ3n) is 2.73. The highest BCUT2D eigenvalue weighted by atomic mass is 79.9. The Kier molecular flexibility index (Phi) is 5.27. The number of aromatic nitrogens is 1. The molecule has 18 heavy (non-hydrogen) atoms. The first-order valence-corrected chi connectivity index (χ1v) is 6.39. The highest BCUT2D eigenvalue weighted by molar-refractivity contribution is 9.10. The summed E-state index contributed by atoms with van der Waals surface area (Å²) in [4.78, 5) is 26.9. The van der Waals surface area contributed by atoms with Crippen molar-refractivity contribution in [3.8, 4) is 0 Å². The molecule has 0 fully saturated rings. The quantitative estimate of drug-likeness (QED) is 0.872. The van der Waals surface area contributed by atoms with Gasteiger partial charge in [-0.15, -0.1) is 0 Å². The number of nitrogens with zero attached hydrogens (tertiary/aromatic N) is 1. The van der Waals surface area contributed by atoms with Gasteiger partial charge in [0, 0.05) is 16.9 Å². The molecule has 0 unspecified atom stereocenters. The summed E-state index contributed by atoms with van der Waals surface area (Å²) < 4.78 is 0.672. The van der Waals surface area contributed by atoms with E-state index >= 15 is 0 Å². The Morgan fingerprint density at radius 3 is 2.67 bits per heavy atom. The molecule has 0 radical (unpaired) electrons. The lowest BCUT2D eigenvalue weighted by Crippen LogP contribution is -2.45. The lowest BCUT2D eigenvalue weighted by molar-refractivity contribution is -0.140. The third-order valence-corrected chi connectivity index (χ3v) is 3.17. The molecule has 0 aromatic carbocycles. The van der Waals surface area contributed by atoms with Crippen LogP contribution in [0.5, 0.6) is 0 Å². The maximum absolute atomic E-state index is 11.9. The van der Waals surface area contributed by atoms with Crippen molar-refractivity contribution in [2.45, 2.75) is 26.3 Å². The summed E-state index contributed by atoms with van der Waals surface area (Å²) in [5, 5.41) is 11.6. The van der Waals surface area contributed by atoms with Gasteiger partial charge in [-0.3, -0.25) is 9.78 Å². The molecule has 0 saturated heterocycles. The highest BCUT2D eigenvalue weighted by Gasteiger charge is 2.25. The normalized spacial score (nSPS) is 13.7. The van der Waals surface area contributed by atoms with E-state index in [9.17, 15) is 9.59 Å². The number of nitrogens with one attached hydrogen (secondary N) is 1. The first kappa shape index (κ1) is 14.6. The molecule has 98 valence electrons. The van der Waals surface area contributed by atoms with Gasteiger partial charge in [-0.1, -0.05) is 20.3 Å².